The summed E-state index contributed by atoms with van der Waals surface area (Å²) < 4.78 is 7.59. The van der Waals surface area contributed by atoms with E-state index < -0.39 is 5.60 Å². The van der Waals surface area contributed by atoms with Gasteiger partial charge in [0.05, 0.1) is 5.69 Å². The Labute approximate surface area is 179 Å². The predicted molar refractivity (Wildman–Crippen MR) is 118 cm³/mol. The first-order chi connectivity index (χ1) is 14.2. The van der Waals surface area contributed by atoms with Crippen molar-refractivity contribution in [1.29, 1.82) is 0 Å². The van der Waals surface area contributed by atoms with Crippen molar-refractivity contribution in [1.82, 2.24) is 14.7 Å². The molecule has 1 aliphatic heterocycles. The van der Waals surface area contributed by atoms with Gasteiger partial charge in [-0.25, -0.2) is 0 Å². The van der Waals surface area contributed by atoms with Crippen LogP contribution in [0, 0.1) is 19.8 Å². The zero-order chi connectivity index (χ0) is 21.9. The topological polar surface area (TPSA) is 67.6 Å². The zero-order valence-corrected chi connectivity index (χ0v) is 18.9. The quantitative estimate of drug-likeness (QED) is 0.785. The van der Waals surface area contributed by atoms with E-state index in [1.165, 1.54) is 11.1 Å². The zero-order valence-electron chi connectivity index (χ0n) is 18.9. The molecule has 1 unspecified atom stereocenters. The van der Waals surface area contributed by atoms with Crippen LogP contribution in [0.2, 0.25) is 0 Å². The van der Waals surface area contributed by atoms with Crippen molar-refractivity contribution in [2.24, 2.45) is 13.0 Å². The molecule has 0 aliphatic carbocycles. The van der Waals surface area contributed by atoms with E-state index in [9.17, 15) is 9.90 Å². The average Bonchev–Trinajstić information content (AvgIpc) is 2.91. The molecule has 1 atom stereocenters. The largest absolute Gasteiger partial charge is 0.491 e. The normalized spacial score (nSPS) is 19.8. The van der Waals surface area contributed by atoms with Gasteiger partial charge in [0.25, 0.3) is 5.91 Å². The number of aryl methyl sites for hydroxylation is 3. The third kappa shape index (κ3) is 5.42. The Morgan fingerprint density at radius 1 is 1.20 bits per heavy atom. The molecule has 1 aliphatic rings. The maximum absolute atomic E-state index is 13.1. The van der Waals surface area contributed by atoms with Gasteiger partial charge >= 0.3 is 0 Å². The van der Waals surface area contributed by atoms with Gasteiger partial charge in [0, 0.05) is 20.1 Å². The molecule has 1 N–H and O–H groups in total. The Balaban J connectivity index is 1.61. The lowest BCUT2D eigenvalue weighted by molar-refractivity contribution is -0.0163. The Morgan fingerprint density at radius 3 is 2.67 bits per heavy atom. The molecule has 30 heavy (non-hydrogen) atoms. The second-order valence-corrected chi connectivity index (χ2v) is 9.15. The second kappa shape index (κ2) is 9.21. The number of carbonyl (C=O) groups is 1. The molecule has 0 bridgehead atoms. The van der Waals surface area contributed by atoms with E-state index in [0.29, 0.717) is 37.5 Å². The number of rotatable bonds is 6. The van der Waals surface area contributed by atoms with Crippen LogP contribution >= 0.6 is 0 Å². The fourth-order valence-corrected chi connectivity index (χ4v) is 3.95. The summed E-state index contributed by atoms with van der Waals surface area (Å²) in [6, 6.07) is 7.88. The molecule has 2 heterocycles. The molecule has 1 aromatic heterocycles. The van der Waals surface area contributed by atoms with Crippen LogP contribution in [-0.4, -0.2) is 51.0 Å². The molecule has 1 amide bonds. The van der Waals surface area contributed by atoms with E-state index >= 15 is 0 Å². The van der Waals surface area contributed by atoms with E-state index in [4.69, 9.17) is 4.74 Å². The average molecular weight is 414 g/mol. The number of likely N-dealkylation sites (tertiary alicyclic amines) is 1. The van der Waals surface area contributed by atoms with Gasteiger partial charge < -0.3 is 14.7 Å². The minimum Gasteiger partial charge on any atom is -0.491 e. The highest BCUT2D eigenvalue weighted by molar-refractivity contribution is 5.92. The van der Waals surface area contributed by atoms with Crippen molar-refractivity contribution in [2.75, 3.05) is 19.7 Å². The SMILES string of the molecule is Cc1ccc(OCC2(O)CCCN(C(=O)c3cc(CC(C)C)nn3C)CC2)cc1C. The highest BCUT2D eigenvalue weighted by atomic mass is 16.5. The number of hydrogen-bond donors (Lipinski definition) is 1. The molecular weight excluding hydrogens is 378 g/mol. The van der Waals surface area contributed by atoms with Gasteiger partial charge in [-0.3, -0.25) is 9.48 Å². The molecular formula is C24H35N3O3. The molecule has 0 spiro atoms. The summed E-state index contributed by atoms with van der Waals surface area (Å²) in [6.45, 7) is 9.79. The summed E-state index contributed by atoms with van der Waals surface area (Å²) >= 11 is 0. The minimum absolute atomic E-state index is 0.0145. The predicted octanol–water partition coefficient (Wildman–Crippen LogP) is 3.67. The van der Waals surface area contributed by atoms with Crippen LogP contribution in [0.5, 0.6) is 5.75 Å². The number of hydrogen-bond acceptors (Lipinski definition) is 4. The van der Waals surface area contributed by atoms with E-state index in [1.54, 1.807) is 4.68 Å². The van der Waals surface area contributed by atoms with Crippen LogP contribution in [0.15, 0.2) is 24.3 Å². The summed E-state index contributed by atoms with van der Waals surface area (Å²) in [5, 5.41) is 15.6. The Hall–Kier alpha value is -2.34. The second-order valence-electron chi connectivity index (χ2n) is 9.15. The fourth-order valence-electron chi connectivity index (χ4n) is 3.95. The van der Waals surface area contributed by atoms with Gasteiger partial charge in [-0.15, -0.1) is 0 Å². The van der Waals surface area contributed by atoms with Gasteiger partial charge in [-0.1, -0.05) is 19.9 Å². The lowest BCUT2D eigenvalue weighted by Gasteiger charge is -2.27. The first-order valence-corrected chi connectivity index (χ1v) is 10.9. The molecule has 0 radical (unpaired) electrons. The van der Waals surface area contributed by atoms with E-state index in [1.807, 2.05) is 36.2 Å². The van der Waals surface area contributed by atoms with Crippen molar-refractivity contribution in [2.45, 2.75) is 59.0 Å². The van der Waals surface area contributed by atoms with E-state index in [-0.39, 0.29) is 12.5 Å². The molecule has 1 aromatic carbocycles. The van der Waals surface area contributed by atoms with Crippen LogP contribution in [0.3, 0.4) is 0 Å². The summed E-state index contributed by atoms with van der Waals surface area (Å²) in [5.74, 6) is 1.25. The van der Waals surface area contributed by atoms with Crippen molar-refractivity contribution in [3.05, 3.63) is 46.8 Å². The molecule has 2 aromatic rings. The number of aromatic nitrogens is 2. The maximum atomic E-state index is 13.1. The first-order valence-electron chi connectivity index (χ1n) is 10.9. The van der Waals surface area contributed by atoms with Crippen molar-refractivity contribution >= 4 is 5.91 Å². The van der Waals surface area contributed by atoms with Crippen molar-refractivity contribution in [3.63, 3.8) is 0 Å². The molecule has 6 heteroatoms. The maximum Gasteiger partial charge on any atom is 0.272 e. The lowest BCUT2D eigenvalue weighted by atomic mass is 9.96. The van der Waals surface area contributed by atoms with Crippen molar-refractivity contribution in [3.8, 4) is 5.75 Å². The summed E-state index contributed by atoms with van der Waals surface area (Å²) in [5.41, 5.74) is 3.02. The van der Waals surface area contributed by atoms with Crippen LogP contribution in [0.4, 0.5) is 0 Å². The number of amides is 1. The number of ether oxygens (including phenoxy) is 1. The summed E-state index contributed by atoms with van der Waals surface area (Å²) in [4.78, 5) is 14.9. The van der Waals surface area contributed by atoms with Gasteiger partial charge in [-0.2, -0.15) is 5.10 Å². The van der Waals surface area contributed by atoms with Gasteiger partial charge in [0.1, 0.15) is 23.7 Å². The van der Waals surface area contributed by atoms with Crippen LogP contribution in [0.25, 0.3) is 0 Å². The minimum atomic E-state index is -0.927. The molecule has 1 fully saturated rings. The van der Waals surface area contributed by atoms with E-state index in [0.717, 1.165) is 24.3 Å². The smallest absolute Gasteiger partial charge is 0.272 e. The molecule has 1 saturated heterocycles. The first kappa shape index (κ1) is 22.3. The van der Waals surface area contributed by atoms with Crippen LogP contribution < -0.4 is 4.74 Å². The molecule has 164 valence electrons. The van der Waals surface area contributed by atoms with Gasteiger partial charge in [0.15, 0.2) is 0 Å². The standard InChI is InChI=1S/C24H35N3O3/c1-17(2)13-20-15-22(26(5)25-20)23(28)27-11-6-9-24(29,10-12-27)16-30-21-8-7-18(3)19(4)14-21/h7-8,14-15,17,29H,6,9-13,16H2,1-5H3. The highest BCUT2D eigenvalue weighted by Crippen LogP contribution is 2.26. The number of carbonyl (C=O) groups excluding carboxylic acids is 1. The molecule has 3 rings (SSSR count). The third-order valence-corrected chi connectivity index (χ3v) is 5.96. The molecule has 6 nitrogen and oxygen atoms in total. The third-order valence-electron chi connectivity index (χ3n) is 5.96. The Bertz CT molecular complexity index is 890. The lowest BCUT2D eigenvalue weighted by Crippen LogP contribution is -2.38. The molecule has 0 saturated carbocycles. The Kier molecular flexibility index (Phi) is 6.86. The summed E-state index contributed by atoms with van der Waals surface area (Å²) in [6.07, 6.45) is 2.72. The van der Waals surface area contributed by atoms with Gasteiger partial charge in [-0.05, 0) is 74.8 Å². The van der Waals surface area contributed by atoms with Crippen LogP contribution in [-0.2, 0) is 13.5 Å². The monoisotopic (exact) mass is 413 g/mol. The highest BCUT2D eigenvalue weighted by Gasteiger charge is 2.33. The summed E-state index contributed by atoms with van der Waals surface area (Å²) in [7, 11) is 1.82. The van der Waals surface area contributed by atoms with Crippen molar-refractivity contribution < 1.29 is 14.6 Å². The Morgan fingerprint density at radius 2 is 1.97 bits per heavy atom. The number of benzene rings is 1. The number of nitrogens with zero attached hydrogens (tertiary/aromatic N) is 3. The number of aliphatic hydroxyl groups is 1. The fraction of sp³-hybridized carbons (Fsp3) is 0.583. The van der Waals surface area contributed by atoms with Gasteiger partial charge in [0.2, 0.25) is 0 Å². The van der Waals surface area contributed by atoms with E-state index in [2.05, 4.69) is 32.8 Å². The van der Waals surface area contributed by atoms with Crippen LogP contribution in [0.1, 0.15) is 60.4 Å².